The van der Waals surface area contributed by atoms with Gasteiger partial charge < -0.3 is 15.5 Å². The first-order valence-corrected chi connectivity index (χ1v) is 12.1. The molecule has 0 atom stereocenters. The van der Waals surface area contributed by atoms with E-state index in [1.165, 1.54) is 0 Å². The standard InChI is InChI=1S/C28H33N7O/c1-28(2,3)16-26(36)34-13-11-33(12-14-34)23-7-5-20(6-8-23)24-15-21(25(30)9-10-31-4)19-35-27(24)22(17-29)18-32-35/h5-10,15,18-19H,11-14,16,30H2,1-4H3. The van der Waals surface area contributed by atoms with Crippen LogP contribution < -0.4 is 10.6 Å². The second-order valence-corrected chi connectivity index (χ2v) is 10.3. The monoisotopic (exact) mass is 483 g/mol. The van der Waals surface area contributed by atoms with Gasteiger partial charge in [-0.15, -0.1) is 0 Å². The number of fused-ring (bicyclic) bond motifs is 1. The largest absolute Gasteiger partial charge is 0.398 e. The summed E-state index contributed by atoms with van der Waals surface area (Å²) in [5.41, 5.74) is 11.9. The summed E-state index contributed by atoms with van der Waals surface area (Å²) in [6.45, 7) is 9.35. The number of rotatable bonds is 5. The fourth-order valence-electron chi connectivity index (χ4n) is 4.46. The number of pyridine rings is 1. The van der Waals surface area contributed by atoms with Crippen molar-refractivity contribution in [3.05, 3.63) is 59.9 Å². The molecule has 1 amide bonds. The molecule has 0 spiro atoms. The van der Waals surface area contributed by atoms with Crippen molar-refractivity contribution in [3.63, 3.8) is 0 Å². The van der Waals surface area contributed by atoms with Gasteiger partial charge in [-0.2, -0.15) is 10.4 Å². The Morgan fingerprint density at radius 2 is 1.89 bits per heavy atom. The lowest BCUT2D eigenvalue weighted by Crippen LogP contribution is -2.49. The van der Waals surface area contributed by atoms with Crippen molar-refractivity contribution >= 4 is 29.0 Å². The topological polar surface area (TPSA) is 103 Å². The van der Waals surface area contributed by atoms with E-state index in [4.69, 9.17) is 5.73 Å². The van der Waals surface area contributed by atoms with Crippen LogP contribution in [0.2, 0.25) is 0 Å². The van der Waals surface area contributed by atoms with Crippen LogP contribution >= 0.6 is 0 Å². The number of carbonyl (C=O) groups excluding carboxylic acids is 1. The van der Waals surface area contributed by atoms with Crippen LogP contribution in [0, 0.1) is 16.7 Å². The van der Waals surface area contributed by atoms with Crippen molar-refractivity contribution in [3.8, 4) is 17.2 Å². The molecule has 0 bridgehead atoms. The molecule has 0 saturated carbocycles. The normalized spacial score (nSPS) is 15.0. The average molecular weight is 484 g/mol. The molecule has 1 aliphatic rings. The van der Waals surface area contributed by atoms with Gasteiger partial charge in [-0.05, 0) is 35.3 Å². The number of allylic oxidation sites excluding steroid dienone is 1. The number of anilines is 1. The zero-order chi connectivity index (χ0) is 25.9. The van der Waals surface area contributed by atoms with E-state index >= 15 is 0 Å². The summed E-state index contributed by atoms with van der Waals surface area (Å²) in [7, 11) is 1.69. The fraction of sp³-hybridized carbons (Fsp3) is 0.357. The van der Waals surface area contributed by atoms with Crippen molar-refractivity contribution in [1.82, 2.24) is 14.5 Å². The molecule has 0 radical (unpaired) electrons. The molecule has 3 heterocycles. The number of carbonyl (C=O) groups is 1. The van der Waals surface area contributed by atoms with Crippen LogP contribution in [-0.2, 0) is 4.79 Å². The molecule has 0 unspecified atom stereocenters. The van der Waals surface area contributed by atoms with Crippen LogP contribution in [0.4, 0.5) is 5.69 Å². The molecule has 186 valence electrons. The minimum absolute atomic E-state index is 0.00224. The third-order valence-electron chi connectivity index (χ3n) is 6.33. The van der Waals surface area contributed by atoms with Crippen LogP contribution in [0.1, 0.15) is 38.3 Å². The summed E-state index contributed by atoms with van der Waals surface area (Å²) >= 11 is 0. The molecular weight excluding hydrogens is 450 g/mol. The Balaban J connectivity index is 1.58. The van der Waals surface area contributed by atoms with Gasteiger partial charge in [-0.1, -0.05) is 32.9 Å². The predicted molar refractivity (Wildman–Crippen MR) is 145 cm³/mol. The average Bonchev–Trinajstić information content (AvgIpc) is 3.29. The molecule has 1 aliphatic heterocycles. The van der Waals surface area contributed by atoms with Gasteiger partial charge in [0.25, 0.3) is 0 Å². The Labute approximate surface area is 212 Å². The Morgan fingerprint density at radius 1 is 1.19 bits per heavy atom. The molecule has 1 saturated heterocycles. The third-order valence-corrected chi connectivity index (χ3v) is 6.33. The first-order chi connectivity index (χ1) is 17.2. The van der Waals surface area contributed by atoms with E-state index in [9.17, 15) is 10.1 Å². The molecular formula is C28H33N7O. The van der Waals surface area contributed by atoms with Gasteiger partial charge in [0.05, 0.1) is 17.3 Å². The van der Waals surface area contributed by atoms with Crippen LogP contribution in [0.25, 0.3) is 22.3 Å². The van der Waals surface area contributed by atoms with Gasteiger partial charge in [0.2, 0.25) is 5.91 Å². The number of nitriles is 1. The van der Waals surface area contributed by atoms with Crippen molar-refractivity contribution in [1.29, 1.82) is 5.26 Å². The molecule has 4 rings (SSSR count). The molecule has 1 fully saturated rings. The van der Waals surface area contributed by atoms with E-state index in [-0.39, 0.29) is 11.3 Å². The summed E-state index contributed by atoms with van der Waals surface area (Å²) in [6, 6.07) is 12.5. The Bertz CT molecular complexity index is 1350. The molecule has 0 aliphatic carbocycles. The summed E-state index contributed by atoms with van der Waals surface area (Å²) in [4.78, 5) is 20.8. The zero-order valence-electron chi connectivity index (χ0n) is 21.4. The second-order valence-electron chi connectivity index (χ2n) is 10.3. The summed E-state index contributed by atoms with van der Waals surface area (Å²) in [5, 5.41) is 14.0. The lowest BCUT2D eigenvalue weighted by atomic mass is 9.91. The van der Waals surface area contributed by atoms with E-state index in [0.29, 0.717) is 17.7 Å². The van der Waals surface area contributed by atoms with Gasteiger partial charge in [0.1, 0.15) is 6.07 Å². The van der Waals surface area contributed by atoms with E-state index in [1.54, 1.807) is 30.1 Å². The number of hydrogen-bond acceptors (Lipinski definition) is 6. The summed E-state index contributed by atoms with van der Waals surface area (Å²) in [6.07, 6.45) is 7.36. The lowest BCUT2D eigenvalue weighted by Gasteiger charge is -2.37. The van der Waals surface area contributed by atoms with Crippen LogP contribution in [0.5, 0.6) is 0 Å². The smallest absolute Gasteiger partial charge is 0.223 e. The van der Waals surface area contributed by atoms with Crippen LogP contribution in [0.3, 0.4) is 0 Å². The molecule has 2 N–H and O–H groups in total. The number of piperazine rings is 1. The fourth-order valence-corrected chi connectivity index (χ4v) is 4.46. The van der Waals surface area contributed by atoms with Crippen LogP contribution in [0.15, 0.2) is 53.8 Å². The maximum Gasteiger partial charge on any atom is 0.223 e. The van der Waals surface area contributed by atoms with Crippen LogP contribution in [-0.4, -0.2) is 59.9 Å². The summed E-state index contributed by atoms with van der Waals surface area (Å²) in [5.74, 6) is 0.231. The predicted octanol–water partition coefficient (Wildman–Crippen LogP) is 3.96. The van der Waals surface area contributed by atoms with Crippen molar-refractivity contribution < 1.29 is 4.79 Å². The summed E-state index contributed by atoms with van der Waals surface area (Å²) < 4.78 is 1.70. The van der Waals surface area contributed by atoms with Crippen molar-refractivity contribution in [2.45, 2.75) is 27.2 Å². The SMILES string of the molecule is CN=CC=C(N)c1cc(-c2ccc(N3CCN(C(=O)CC(C)(C)C)CC3)cc2)c2c(C#N)cnn2c1. The molecule has 8 nitrogen and oxygen atoms in total. The number of nitrogens with two attached hydrogens (primary N) is 1. The van der Waals surface area contributed by atoms with Gasteiger partial charge >= 0.3 is 0 Å². The first kappa shape index (κ1) is 25.0. The van der Waals surface area contributed by atoms with Crippen molar-refractivity contribution in [2.24, 2.45) is 16.1 Å². The third kappa shape index (κ3) is 5.41. The molecule has 8 heteroatoms. The minimum Gasteiger partial charge on any atom is -0.398 e. The Kier molecular flexibility index (Phi) is 7.11. The van der Waals surface area contributed by atoms with Gasteiger partial charge in [0.15, 0.2) is 0 Å². The highest BCUT2D eigenvalue weighted by atomic mass is 16.2. The number of nitrogens with zero attached hydrogens (tertiary/aromatic N) is 6. The van der Waals surface area contributed by atoms with Gasteiger partial charge in [0, 0.05) is 74.6 Å². The highest BCUT2D eigenvalue weighted by molar-refractivity contribution is 5.89. The van der Waals surface area contributed by atoms with Gasteiger partial charge in [-0.25, -0.2) is 4.52 Å². The maximum absolute atomic E-state index is 12.6. The Hall–Kier alpha value is -4.12. The first-order valence-electron chi connectivity index (χ1n) is 12.1. The molecule has 2 aromatic heterocycles. The number of hydrogen-bond donors (Lipinski definition) is 1. The molecule has 36 heavy (non-hydrogen) atoms. The number of aliphatic imine (C=N–C) groups is 1. The number of amides is 1. The van der Waals surface area contributed by atoms with Gasteiger partial charge in [-0.3, -0.25) is 9.79 Å². The van der Waals surface area contributed by atoms with E-state index in [1.807, 2.05) is 17.2 Å². The minimum atomic E-state index is -0.00224. The maximum atomic E-state index is 12.6. The second kappa shape index (κ2) is 10.2. The highest BCUT2D eigenvalue weighted by Crippen LogP contribution is 2.31. The molecule has 3 aromatic rings. The highest BCUT2D eigenvalue weighted by Gasteiger charge is 2.25. The molecule has 1 aromatic carbocycles. The number of aromatic nitrogens is 2. The number of benzene rings is 1. The van der Waals surface area contributed by atoms with E-state index < -0.39 is 0 Å². The quantitative estimate of drug-likeness (QED) is 0.554. The van der Waals surface area contributed by atoms with E-state index in [2.05, 4.69) is 66.1 Å². The Morgan fingerprint density at radius 3 is 2.50 bits per heavy atom. The van der Waals surface area contributed by atoms with Crippen molar-refractivity contribution in [2.75, 3.05) is 38.1 Å². The van der Waals surface area contributed by atoms with E-state index in [0.717, 1.165) is 54.1 Å². The zero-order valence-corrected chi connectivity index (χ0v) is 21.4. The lowest BCUT2D eigenvalue weighted by molar-refractivity contribution is -0.133.